The van der Waals surface area contributed by atoms with E-state index in [1.54, 1.807) is 36.4 Å². The summed E-state index contributed by atoms with van der Waals surface area (Å²) in [4.78, 5) is 0. The van der Waals surface area contributed by atoms with E-state index < -0.39 is 0 Å². The molecule has 90 valence electrons. The van der Waals surface area contributed by atoms with Crippen LogP contribution in [0.1, 0.15) is 18.1 Å². The van der Waals surface area contributed by atoms with Crippen LogP contribution in [-0.4, -0.2) is 0 Å². The van der Waals surface area contributed by atoms with Crippen molar-refractivity contribution in [3.63, 3.8) is 0 Å². The van der Waals surface area contributed by atoms with Crippen LogP contribution < -0.4 is 4.74 Å². The molecular formula is C15H12FNO. The molecule has 0 unspecified atom stereocenters. The van der Waals surface area contributed by atoms with Gasteiger partial charge in [-0.2, -0.15) is 5.26 Å². The molecule has 0 spiro atoms. The van der Waals surface area contributed by atoms with Crippen molar-refractivity contribution in [2.24, 2.45) is 0 Å². The molecule has 0 aliphatic carbocycles. The molecule has 18 heavy (non-hydrogen) atoms. The predicted molar refractivity (Wildman–Crippen MR) is 67.0 cm³/mol. The molecular weight excluding hydrogens is 229 g/mol. The second-order valence-corrected chi connectivity index (χ2v) is 3.85. The minimum atomic E-state index is -0.218. The van der Waals surface area contributed by atoms with E-state index >= 15 is 0 Å². The third-order valence-electron chi connectivity index (χ3n) is 2.62. The monoisotopic (exact) mass is 241 g/mol. The number of nitrogens with zero attached hydrogens (tertiary/aromatic N) is 1. The third kappa shape index (κ3) is 2.67. The van der Waals surface area contributed by atoms with Crippen molar-refractivity contribution in [2.45, 2.75) is 13.3 Å². The maximum absolute atomic E-state index is 13.3. The number of aryl methyl sites for hydroxylation is 1. The quantitative estimate of drug-likeness (QED) is 0.812. The summed E-state index contributed by atoms with van der Waals surface area (Å²) >= 11 is 0. The van der Waals surface area contributed by atoms with Crippen LogP contribution in [0.15, 0.2) is 42.5 Å². The van der Waals surface area contributed by atoms with Crippen LogP contribution >= 0.6 is 0 Å². The van der Waals surface area contributed by atoms with E-state index in [2.05, 4.69) is 0 Å². The van der Waals surface area contributed by atoms with E-state index in [1.165, 1.54) is 6.07 Å². The van der Waals surface area contributed by atoms with Crippen LogP contribution in [0.25, 0.3) is 0 Å². The molecule has 0 heterocycles. The first-order valence-electron chi connectivity index (χ1n) is 5.69. The molecule has 0 saturated carbocycles. The van der Waals surface area contributed by atoms with E-state index in [0.29, 0.717) is 29.0 Å². The van der Waals surface area contributed by atoms with E-state index in [9.17, 15) is 4.39 Å². The Morgan fingerprint density at radius 1 is 1.11 bits per heavy atom. The molecule has 0 aliphatic rings. The summed E-state index contributed by atoms with van der Waals surface area (Å²) < 4.78 is 18.9. The lowest BCUT2D eigenvalue weighted by molar-refractivity contribution is 0.479. The number of halogens is 1. The Bertz CT molecular complexity index is 584. The Morgan fingerprint density at radius 2 is 1.78 bits per heavy atom. The second kappa shape index (κ2) is 5.33. The van der Waals surface area contributed by atoms with Gasteiger partial charge in [0.1, 0.15) is 17.3 Å². The fourth-order valence-corrected chi connectivity index (χ4v) is 1.62. The van der Waals surface area contributed by atoms with Gasteiger partial charge in [-0.05, 0) is 54.4 Å². The van der Waals surface area contributed by atoms with E-state index in [4.69, 9.17) is 10.00 Å². The number of ether oxygens (including phenoxy) is 1. The molecule has 0 radical (unpaired) electrons. The van der Waals surface area contributed by atoms with Crippen LogP contribution in [0, 0.1) is 17.1 Å². The molecule has 0 saturated heterocycles. The molecule has 2 nitrogen and oxygen atoms in total. The average molecular weight is 241 g/mol. The Balaban J connectivity index is 2.20. The number of rotatable bonds is 3. The lowest BCUT2D eigenvalue weighted by atomic mass is 10.1. The van der Waals surface area contributed by atoms with Gasteiger partial charge in [0.15, 0.2) is 0 Å². The first-order chi connectivity index (χ1) is 8.72. The molecule has 2 rings (SSSR count). The fourth-order valence-electron chi connectivity index (χ4n) is 1.62. The first-order valence-corrected chi connectivity index (χ1v) is 5.69. The highest BCUT2D eigenvalue weighted by molar-refractivity contribution is 5.38. The molecule has 0 atom stereocenters. The first kappa shape index (κ1) is 12.1. The van der Waals surface area contributed by atoms with Gasteiger partial charge < -0.3 is 4.74 Å². The Kier molecular flexibility index (Phi) is 3.59. The van der Waals surface area contributed by atoms with Crippen LogP contribution in [0.3, 0.4) is 0 Å². The highest BCUT2D eigenvalue weighted by Crippen LogP contribution is 2.24. The molecule has 0 amide bonds. The molecule has 0 aliphatic heterocycles. The minimum Gasteiger partial charge on any atom is -0.457 e. The van der Waals surface area contributed by atoms with Gasteiger partial charge in [-0.3, -0.25) is 0 Å². The van der Waals surface area contributed by atoms with Gasteiger partial charge in [0, 0.05) is 0 Å². The number of hydrogen-bond acceptors (Lipinski definition) is 2. The number of benzene rings is 2. The molecule has 0 bridgehead atoms. The average Bonchev–Trinajstić information content (AvgIpc) is 2.42. The Hall–Kier alpha value is -2.34. The summed E-state index contributed by atoms with van der Waals surface area (Å²) in [5.74, 6) is 1.00. The Labute approximate surface area is 105 Å². The normalized spacial score (nSPS) is 9.83. The maximum Gasteiger partial charge on any atom is 0.127 e. The summed E-state index contributed by atoms with van der Waals surface area (Å²) in [6.45, 7) is 1.89. The number of hydrogen-bond donors (Lipinski definition) is 0. The molecule has 0 N–H and O–H groups in total. The molecule has 0 aromatic heterocycles. The van der Waals surface area contributed by atoms with E-state index in [0.717, 1.165) is 0 Å². The van der Waals surface area contributed by atoms with Crippen molar-refractivity contribution in [1.29, 1.82) is 5.26 Å². The topological polar surface area (TPSA) is 33.0 Å². The molecule has 3 heteroatoms. The summed E-state index contributed by atoms with van der Waals surface area (Å²) in [7, 11) is 0. The predicted octanol–water partition coefficient (Wildman–Crippen LogP) is 4.05. The van der Waals surface area contributed by atoms with Crippen molar-refractivity contribution in [1.82, 2.24) is 0 Å². The lowest BCUT2D eigenvalue weighted by Crippen LogP contribution is -1.90. The maximum atomic E-state index is 13.3. The summed E-state index contributed by atoms with van der Waals surface area (Å²) in [6, 6.07) is 13.5. The highest BCUT2D eigenvalue weighted by Gasteiger charge is 2.03. The standard InChI is InChI=1S/C15H12FNO/c1-2-12-9-14(7-8-15(12)16)18-13-5-3-11(10-17)4-6-13/h3-9H,2H2,1H3. The minimum absolute atomic E-state index is 0.218. The van der Waals surface area contributed by atoms with Crippen LogP contribution in [0.5, 0.6) is 11.5 Å². The van der Waals surface area contributed by atoms with E-state index in [-0.39, 0.29) is 5.82 Å². The number of nitriles is 1. The van der Waals surface area contributed by atoms with Crippen LogP contribution in [0.2, 0.25) is 0 Å². The second-order valence-electron chi connectivity index (χ2n) is 3.85. The van der Waals surface area contributed by atoms with Gasteiger partial charge in [0.2, 0.25) is 0 Å². The van der Waals surface area contributed by atoms with Gasteiger partial charge >= 0.3 is 0 Å². The van der Waals surface area contributed by atoms with Crippen molar-refractivity contribution in [3.8, 4) is 17.6 Å². The summed E-state index contributed by atoms with van der Waals surface area (Å²) in [5.41, 5.74) is 1.21. The Morgan fingerprint density at radius 3 is 2.39 bits per heavy atom. The zero-order valence-corrected chi connectivity index (χ0v) is 9.98. The highest BCUT2D eigenvalue weighted by atomic mass is 19.1. The fraction of sp³-hybridized carbons (Fsp3) is 0.133. The van der Waals surface area contributed by atoms with Gasteiger partial charge in [-0.15, -0.1) is 0 Å². The van der Waals surface area contributed by atoms with Gasteiger partial charge in [-0.25, -0.2) is 4.39 Å². The summed E-state index contributed by atoms with van der Waals surface area (Å²) in [6.07, 6.45) is 0.621. The van der Waals surface area contributed by atoms with Crippen LogP contribution in [-0.2, 0) is 6.42 Å². The van der Waals surface area contributed by atoms with Crippen molar-refractivity contribution in [3.05, 3.63) is 59.4 Å². The molecule has 2 aromatic carbocycles. The van der Waals surface area contributed by atoms with Gasteiger partial charge in [0.05, 0.1) is 11.6 Å². The zero-order chi connectivity index (χ0) is 13.0. The lowest BCUT2D eigenvalue weighted by Gasteiger charge is -2.07. The smallest absolute Gasteiger partial charge is 0.127 e. The summed E-state index contributed by atoms with van der Waals surface area (Å²) in [5, 5.41) is 8.68. The van der Waals surface area contributed by atoms with Gasteiger partial charge in [-0.1, -0.05) is 6.92 Å². The van der Waals surface area contributed by atoms with Crippen molar-refractivity contribution >= 4 is 0 Å². The molecule has 2 aromatic rings. The van der Waals surface area contributed by atoms with E-state index in [1.807, 2.05) is 13.0 Å². The van der Waals surface area contributed by atoms with Crippen molar-refractivity contribution < 1.29 is 9.13 Å². The van der Waals surface area contributed by atoms with Crippen LogP contribution in [0.4, 0.5) is 4.39 Å². The molecule has 0 fully saturated rings. The third-order valence-corrected chi connectivity index (χ3v) is 2.62. The SMILES string of the molecule is CCc1cc(Oc2ccc(C#N)cc2)ccc1F. The van der Waals surface area contributed by atoms with Crippen molar-refractivity contribution in [2.75, 3.05) is 0 Å². The zero-order valence-electron chi connectivity index (χ0n) is 9.98. The largest absolute Gasteiger partial charge is 0.457 e. The van der Waals surface area contributed by atoms with Gasteiger partial charge in [0.25, 0.3) is 0 Å².